The fourth-order valence-electron chi connectivity index (χ4n) is 3.21. The van der Waals surface area contributed by atoms with E-state index in [2.05, 4.69) is 72.5 Å². The second kappa shape index (κ2) is 5.59. The van der Waals surface area contributed by atoms with Gasteiger partial charge in [-0.25, -0.2) is 0 Å². The Morgan fingerprint density at radius 3 is 2.30 bits per heavy atom. The Bertz CT molecular complexity index is 554. The molecule has 0 spiro atoms. The quantitative estimate of drug-likeness (QED) is 0.755. The van der Waals surface area contributed by atoms with Crippen LogP contribution in [-0.4, -0.2) is 16.8 Å². The monoisotopic (exact) mass is 285 g/mol. The van der Waals surface area contributed by atoms with Crippen LogP contribution in [0.1, 0.15) is 24.5 Å². The predicted molar refractivity (Wildman–Crippen MR) is 84.9 cm³/mol. The normalized spacial score (nSPS) is 26.8. The molecule has 2 aromatic carbocycles. The van der Waals surface area contributed by atoms with Crippen LogP contribution in [-0.2, 0) is 12.1 Å². The summed E-state index contributed by atoms with van der Waals surface area (Å²) < 4.78 is 0. The lowest BCUT2D eigenvalue weighted by atomic mass is 9.89. The third-order valence-electron chi connectivity index (χ3n) is 4.35. The Morgan fingerprint density at radius 1 is 1.05 bits per heavy atom. The molecule has 0 aromatic heterocycles. The van der Waals surface area contributed by atoms with Crippen LogP contribution in [0.2, 0.25) is 0 Å². The number of benzene rings is 2. The molecule has 0 aliphatic carbocycles. The zero-order chi connectivity index (χ0) is 14.0. The maximum atomic E-state index is 6.47. The second-order valence-corrected chi connectivity index (χ2v) is 6.42. The summed E-state index contributed by atoms with van der Waals surface area (Å²) in [5, 5.41) is 0.226. The molecule has 2 atom stereocenters. The van der Waals surface area contributed by atoms with Crippen molar-refractivity contribution in [2.45, 2.75) is 30.8 Å². The Morgan fingerprint density at radius 2 is 1.65 bits per heavy atom. The molecule has 1 heterocycles. The highest BCUT2D eigenvalue weighted by Gasteiger charge is 2.42. The van der Waals surface area contributed by atoms with Crippen LogP contribution >= 0.6 is 11.6 Å². The molecule has 1 aliphatic rings. The van der Waals surface area contributed by atoms with E-state index in [1.807, 2.05) is 0 Å². The van der Waals surface area contributed by atoms with Gasteiger partial charge in [0.15, 0.2) is 0 Å². The van der Waals surface area contributed by atoms with E-state index in [4.69, 9.17) is 11.6 Å². The first-order valence-corrected chi connectivity index (χ1v) is 7.61. The largest absolute Gasteiger partial charge is 0.288 e. The van der Waals surface area contributed by atoms with Crippen molar-refractivity contribution in [1.82, 2.24) is 4.90 Å². The number of hydrogen-bond donors (Lipinski definition) is 0. The van der Waals surface area contributed by atoms with Crippen molar-refractivity contribution in [3.05, 3.63) is 71.8 Å². The molecule has 0 saturated carbocycles. The summed E-state index contributed by atoms with van der Waals surface area (Å²) in [6.45, 7) is 4.21. The Kier molecular flexibility index (Phi) is 3.82. The minimum absolute atomic E-state index is 0.0313. The van der Waals surface area contributed by atoms with Crippen molar-refractivity contribution < 1.29 is 0 Å². The van der Waals surface area contributed by atoms with Crippen molar-refractivity contribution in [1.29, 1.82) is 0 Å². The highest BCUT2D eigenvalue weighted by Crippen LogP contribution is 2.41. The van der Waals surface area contributed by atoms with Gasteiger partial charge in [0.05, 0.1) is 0 Å². The molecule has 2 unspecified atom stereocenters. The summed E-state index contributed by atoms with van der Waals surface area (Å²) in [5.41, 5.74) is 2.74. The van der Waals surface area contributed by atoms with Crippen LogP contribution < -0.4 is 0 Å². The molecular weight excluding hydrogens is 266 g/mol. The van der Waals surface area contributed by atoms with Crippen LogP contribution in [0, 0.1) is 0 Å². The fourth-order valence-corrected chi connectivity index (χ4v) is 3.67. The second-order valence-electron chi connectivity index (χ2n) is 5.81. The average Bonchev–Trinajstić information content (AvgIpc) is 2.76. The minimum atomic E-state index is 0.0313. The molecule has 2 aromatic rings. The van der Waals surface area contributed by atoms with E-state index in [-0.39, 0.29) is 10.9 Å². The molecule has 20 heavy (non-hydrogen) atoms. The van der Waals surface area contributed by atoms with E-state index in [1.54, 1.807) is 0 Å². The predicted octanol–water partition coefficient (Wildman–Crippen LogP) is 4.42. The van der Waals surface area contributed by atoms with Gasteiger partial charge in [0.25, 0.3) is 0 Å². The lowest BCUT2D eigenvalue weighted by Crippen LogP contribution is -2.38. The molecule has 1 nitrogen and oxygen atoms in total. The van der Waals surface area contributed by atoms with E-state index >= 15 is 0 Å². The van der Waals surface area contributed by atoms with Crippen molar-refractivity contribution in [3.8, 4) is 0 Å². The number of nitrogens with zero attached hydrogens (tertiary/aromatic N) is 1. The van der Waals surface area contributed by atoms with Gasteiger partial charge in [-0.3, -0.25) is 4.90 Å². The summed E-state index contributed by atoms with van der Waals surface area (Å²) in [5.74, 6) is 0. The zero-order valence-corrected chi connectivity index (χ0v) is 12.6. The van der Waals surface area contributed by atoms with Gasteiger partial charge in [-0.15, -0.1) is 11.6 Å². The number of rotatable bonds is 3. The standard InChI is InChI=1S/C18H20ClN/c1-18(16-10-6-3-7-11-16)12-17(19)14-20(18)13-15-8-4-2-5-9-15/h2-11,17H,12-14H2,1H3. The van der Waals surface area contributed by atoms with Crippen molar-refractivity contribution in [2.75, 3.05) is 6.54 Å². The Hall–Kier alpha value is -1.31. The van der Waals surface area contributed by atoms with Crippen LogP contribution in [0.3, 0.4) is 0 Å². The van der Waals surface area contributed by atoms with Crippen LogP contribution in [0.15, 0.2) is 60.7 Å². The lowest BCUT2D eigenvalue weighted by molar-refractivity contribution is 0.147. The van der Waals surface area contributed by atoms with Crippen LogP contribution in [0.4, 0.5) is 0 Å². The van der Waals surface area contributed by atoms with E-state index < -0.39 is 0 Å². The molecule has 104 valence electrons. The SMILES string of the molecule is CC1(c2ccccc2)CC(Cl)CN1Cc1ccccc1. The van der Waals surface area contributed by atoms with E-state index in [1.165, 1.54) is 11.1 Å². The third-order valence-corrected chi connectivity index (χ3v) is 4.64. The van der Waals surface area contributed by atoms with Gasteiger partial charge >= 0.3 is 0 Å². The molecule has 2 heteroatoms. The molecule has 1 aliphatic heterocycles. The summed E-state index contributed by atoms with van der Waals surface area (Å²) in [6.07, 6.45) is 1.01. The van der Waals surface area contributed by atoms with Crippen LogP contribution in [0.5, 0.6) is 0 Å². The minimum Gasteiger partial charge on any atom is -0.288 e. The van der Waals surface area contributed by atoms with Gasteiger partial charge < -0.3 is 0 Å². The highest BCUT2D eigenvalue weighted by atomic mass is 35.5. The van der Waals surface area contributed by atoms with Crippen molar-refractivity contribution in [2.24, 2.45) is 0 Å². The lowest BCUT2D eigenvalue weighted by Gasteiger charge is -2.35. The van der Waals surface area contributed by atoms with E-state index in [0.29, 0.717) is 0 Å². The summed E-state index contributed by atoms with van der Waals surface area (Å²) in [6, 6.07) is 21.4. The number of hydrogen-bond acceptors (Lipinski definition) is 1. The molecule has 3 rings (SSSR count). The first-order valence-electron chi connectivity index (χ1n) is 7.17. The third kappa shape index (κ3) is 2.61. The molecule has 0 bridgehead atoms. The van der Waals surface area contributed by atoms with E-state index in [9.17, 15) is 0 Å². The van der Waals surface area contributed by atoms with Gasteiger partial charge in [0.2, 0.25) is 0 Å². The zero-order valence-electron chi connectivity index (χ0n) is 11.8. The molecule has 0 radical (unpaired) electrons. The summed E-state index contributed by atoms with van der Waals surface area (Å²) >= 11 is 6.47. The van der Waals surface area contributed by atoms with Gasteiger partial charge in [0, 0.05) is 24.0 Å². The first kappa shape index (κ1) is 13.7. The topological polar surface area (TPSA) is 3.24 Å². The smallest absolute Gasteiger partial charge is 0.0484 e. The van der Waals surface area contributed by atoms with Crippen molar-refractivity contribution in [3.63, 3.8) is 0 Å². The summed E-state index contributed by atoms with van der Waals surface area (Å²) in [7, 11) is 0. The molecule has 0 amide bonds. The molecule has 1 fully saturated rings. The van der Waals surface area contributed by atoms with Gasteiger partial charge in [-0.1, -0.05) is 60.7 Å². The van der Waals surface area contributed by atoms with Gasteiger partial charge in [-0.2, -0.15) is 0 Å². The van der Waals surface area contributed by atoms with Crippen molar-refractivity contribution >= 4 is 11.6 Å². The number of alkyl halides is 1. The Balaban J connectivity index is 1.89. The number of likely N-dealkylation sites (tertiary alicyclic amines) is 1. The molecular formula is C18H20ClN. The van der Waals surface area contributed by atoms with Gasteiger partial charge in [0.1, 0.15) is 0 Å². The summed E-state index contributed by atoms with van der Waals surface area (Å²) in [4.78, 5) is 2.51. The highest BCUT2D eigenvalue weighted by molar-refractivity contribution is 6.21. The number of halogens is 1. The Labute approximate surface area is 126 Å². The van der Waals surface area contributed by atoms with Crippen LogP contribution in [0.25, 0.3) is 0 Å². The fraction of sp³-hybridized carbons (Fsp3) is 0.333. The average molecular weight is 286 g/mol. The van der Waals surface area contributed by atoms with E-state index in [0.717, 1.165) is 19.5 Å². The maximum Gasteiger partial charge on any atom is 0.0484 e. The molecule has 1 saturated heterocycles. The van der Waals surface area contributed by atoms with Gasteiger partial charge in [-0.05, 0) is 24.5 Å². The maximum absolute atomic E-state index is 6.47. The first-order chi connectivity index (χ1) is 9.68. The molecule has 0 N–H and O–H groups in total.